The Hall–Kier alpha value is -2.28. The fourth-order valence-electron chi connectivity index (χ4n) is 1.64. The van der Waals surface area contributed by atoms with Gasteiger partial charge < -0.3 is 5.11 Å². The lowest BCUT2D eigenvalue weighted by molar-refractivity contribution is 0.435. The Bertz CT molecular complexity index is 733. The van der Waals surface area contributed by atoms with Crippen LogP contribution in [0.4, 0.5) is 5.69 Å². The number of nitrogens with one attached hydrogen (secondary N) is 1. The van der Waals surface area contributed by atoms with Crippen molar-refractivity contribution in [3.63, 3.8) is 0 Å². The van der Waals surface area contributed by atoms with E-state index in [0.717, 1.165) is 5.56 Å². The van der Waals surface area contributed by atoms with Gasteiger partial charge in [-0.2, -0.15) is 0 Å². The number of nitrogens with zero attached hydrogens (tertiary/aromatic N) is 2. The summed E-state index contributed by atoms with van der Waals surface area (Å²) in [5.41, 5.74) is -0.00173. The van der Waals surface area contributed by atoms with Crippen LogP contribution in [-0.4, -0.2) is 14.7 Å². The Morgan fingerprint density at radius 2 is 2.06 bits per heavy atom. The second-order valence-electron chi connectivity index (χ2n) is 3.64. The van der Waals surface area contributed by atoms with Gasteiger partial charge in [-0.05, 0) is 35.9 Å². The molecular formula is C11H9N3O3S. The molecule has 0 bridgehead atoms. The van der Waals surface area contributed by atoms with Gasteiger partial charge in [0.1, 0.15) is 0 Å². The number of hydrogen-bond acceptors (Lipinski definition) is 5. The smallest absolute Gasteiger partial charge is 0.285 e. The summed E-state index contributed by atoms with van der Waals surface area (Å²) in [6, 6.07) is 7.10. The lowest BCUT2D eigenvalue weighted by Crippen LogP contribution is -2.12. The van der Waals surface area contributed by atoms with Crippen LogP contribution in [0.2, 0.25) is 0 Å². The second kappa shape index (κ2) is 4.53. The molecule has 0 aliphatic heterocycles. The summed E-state index contributed by atoms with van der Waals surface area (Å²) in [6.07, 6.45) is 0. The SMILES string of the molecule is Cc1ccccc1-n1c(O)c(N=O)c(=O)[nH]c1=S. The first-order chi connectivity index (χ1) is 8.56. The predicted octanol–water partition coefficient (Wildman–Crippen LogP) is 2.31. The van der Waals surface area contributed by atoms with Crippen molar-refractivity contribution < 1.29 is 5.11 Å². The predicted molar refractivity (Wildman–Crippen MR) is 69.1 cm³/mol. The van der Waals surface area contributed by atoms with Crippen molar-refractivity contribution in [2.45, 2.75) is 6.92 Å². The molecule has 0 aliphatic carbocycles. The fraction of sp³-hybridized carbons (Fsp3) is 0.0909. The molecule has 0 aliphatic rings. The summed E-state index contributed by atoms with van der Waals surface area (Å²) in [7, 11) is 0. The Morgan fingerprint density at radius 3 is 2.67 bits per heavy atom. The Morgan fingerprint density at radius 1 is 1.39 bits per heavy atom. The summed E-state index contributed by atoms with van der Waals surface area (Å²) >= 11 is 4.98. The van der Waals surface area contributed by atoms with Gasteiger partial charge in [0.2, 0.25) is 11.6 Å². The van der Waals surface area contributed by atoms with Crippen LogP contribution in [0.25, 0.3) is 5.69 Å². The fourth-order valence-corrected chi connectivity index (χ4v) is 1.91. The molecule has 2 aromatic rings. The molecule has 1 aromatic heterocycles. The van der Waals surface area contributed by atoms with Crippen molar-refractivity contribution in [1.29, 1.82) is 0 Å². The minimum absolute atomic E-state index is 0.000741. The third-order valence-electron chi connectivity index (χ3n) is 2.51. The van der Waals surface area contributed by atoms with E-state index in [1.807, 2.05) is 19.1 Å². The Kier molecular flexibility index (Phi) is 3.07. The molecule has 0 amide bonds. The van der Waals surface area contributed by atoms with E-state index in [9.17, 15) is 14.8 Å². The molecule has 2 rings (SSSR count). The number of para-hydroxylation sites is 1. The zero-order valence-corrected chi connectivity index (χ0v) is 10.2. The maximum atomic E-state index is 11.4. The first-order valence-electron chi connectivity index (χ1n) is 5.04. The average molecular weight is 263 g/mol. The molecule has 1 heterocycles. The minimum Gasteiger partial charge on any atom is -0.492 e. The number of nitroso groups, excluding NO2 is 1. The molecule has 0 fully saturated rings. The van der Waals surface area contributed by atoms with Gasteiger partial charge in [-0.25, -0.2) is 0 Å². The average Bonchev–Trinajstić information content (AvgIpc) is 2.31. The van der Waals surface area contributed by atoms with Crippen molar-refractivity contribution in [2.24, 2.45) is 5.18 Å². The van der Waals surface area contributed by atoms with Gasteiger partial charge in [0.05, 0.1) is 5.69 Å². The third-order valence-corrected chi connectivity index (χ3v) is 2.79. The number of rotatable bonds is 2. The number of aromatic hydroxyl groups is 1. The maximum absolute atomic E-state index is 11.4. The van der Waals surface area contributed by atoms with Gasteiger partial charge in [-0.3, -0.25) is 14.3 Å². The second-order valence-corrected chi connectivity index (χ2v) is 4.03. The van der Waals surface area contributed by atoms with E-state index in [1.54, 1.807) is 12.1 Å². The van der Waals surface area contributed by atoms with Crippen LogP contribution in [0.3, 0.4) is 0 Å². The summed E-state index contributed by atoms with van der Waals surface area (Å²) in [6.45, 7) is 1.82. The summed E-state index contributed by atoms with van der Waals surface area (Å²) in [5.74, 6) is -0.562. The molecule has 18 heavy (non-hydrogen) atoms. The molecule has 0 saturated heterocycles. The standard InChI is InChI=1S/C11H9N3O3S/c1-6-4-2-3-5-7(6)14-10(16)8(13-17)9(15)12-11(14)18/h2-5,16H,1H3,(H,12,15,18). The van der Waals surface area contributed by atoms with Gasteiger partial charge >= 0.3 is 0 Å². The summed E-state index contributed by atoms with van der Waals surface area (Å²) in [5, 5.41) is 12.4. The number of aromatic amines is 1. The van der Waals surface area contributed by atoms with Crippen LogP contribution in [0.5, 0.6) is 5.88 Å². The molecule has 1 aromatic carbocycles. The van der Waals surface area contributed by atoms with Gasteiger partial charge in [0.25, 0.3) is 5.56 Å². The van der Waals surface area contributed by atoms with Crippen LogP contribution in [0.1, 0.15) is 5.56 Å². The van der Waals surface area contributed by atoms with Crippen LogP contribution in [0.15, 0.2) is 34.2 Å². The highest BCUT2D eigenvalue weighted by Gasteiger charge is 2.15. The molecule has 6 nitrogen and oxygen atoms in total. The summed E-state index contributed by atoms with van der Waals surface area (Å²) in [4.78, 5) is 24.2. The van der Waals surface area contributed by atoms with E-state index < -0.39 is 17.1 Å². The van der Waals surface area contributed by atoms with Gasteiger partial charge in [-0.1, -0.05) is 18.2 Å². The lowest BCUT2D eigenvalue weighted by atomic mass is 10.2. The molecule has 0 atom stereocenters. The van der Waals surface area contributed by atoms with E-state index in [0.29, 0.717) is 5.69 Å². The van der Waals surface area contributed by atoms with Gasteiger partial charge in [0, 0.05) is 0 Å². The molecule has 7 heteroatoms. The van der Waals surface area contributed by atoms with E-state index in [4.69, 9.17) is 12.2 Å². The largest absolute Gasteiger partial charge is 0.492 e. The zero-order valence-electron chi connectivity index (χ0n) is 9.38. The highest BCUT2D eigenvalue weighted by Crippen LogP contribution is 2.26. The van der Waals surface area contributed by atoms with Crippen LogP contribution >= 0.6 is 12.2 Å². The highest BCUT2D eigenvalue weighted by atomic mass is 32.1. The van der Waals surface area contributed by atoms with Crippen molar-refractivity contribution in [2.75, 3.05) is 0 Å². The Balaban J connectivity index is 2.89. The van der Waals surface area contributed by atoms with Crippen molar-refractivity contribution >= 4 is 17.9 Å². The van der Waals surface area contributed by atoms with Crippen LogP contribution < -0.4 is 5.56 Å². The number of hydrogen-bond donors (Lipinski definition) is 2. The number of aryl methyl sites for hydroxylation is 1. The minimum atomic E-state index is -0.808. The van der Waals surface area contributed by atoms with Gasteiger partial charge in [0.15, 0.2) is 4.77 Å². The highest BCUT2D eigenvalue weighted by molar-refractivity contribution is 7.71. The van der Waals surface area contributed by atoms with Crippen molar-refractivity contribution in [3.05, 3.63) is 49.9 Å². The topological polar surface area (TPSA) is 87.4 Å². The molecule has 0 radical (unpaired) electrons. The summed E-state index contributed by atoms with van der Waals surface area (Å²) < 4.78 is 1.20. The molecule has 0 unspecified atom stereocenters. The van der Waals surface area contributed by atoms with Crippen LogP contribution in [-0.2, 0) is 0 Å². The number of benzene rings is 1. The molecule has 0 spiro atoms. The number of H-pyrrole nitrogens is 1. The van der Waals surface area contributed by atoms with E-state index in [2.05, 4.69) is 10.2 Å². The first-order valence-corrected chi connectivity index (χ1v) is 5.44. The number of aromatic nitrogens is 2. The quantitative estimate of drug-likeness (QED) is 0.643. The van der Waals surface area contributed by atoms with Crippen LogP contribution in [0, 0.1) is 16.6 Å². The van der Waals surface area contributed by atoms with E-state index >= 15 is 0 Å². The van der Waals surface area contributed by atoms with Gasteiger partial charge in [-0.15, -0.1) is 4.91 Å². The molecular weight excluding hydrogens is 254 g/mol. The molecule has 2 N–H and O–H groups in total. The van der Waals surface area contributed by atoms with Crippen molar-refractivity contribution in [3.8, 4) is 11.6 Å². The normalized spacial score (nSPS) is 10.3. The Labute approximate surface area is 107 Å². The third kappa shape index (κ3) is 1.84. The monoisotopic (exact) mass is 263 g/mol. The molecule has 0 saturated carbocycles. The van der Waals surface area contributed by atoms with E-state index in [1.165, 1.54) is 4.57 Å². The maximum Gasteiger partial charge on any atom is 0.285 e. The lowest BCUT2D eigenvalue weighted by Gasteiger charge is -2.12. The van der Waals surface area contributed by atoms with E-state index in [-0.39, 0.29) is 4.77 Å². The zero-order chi connectivity index (χ0) is 13.3. The molecule has 92 valence electrons. The first kappa shape index (κ1) is 12.2. The van der Waals surface area contributed by atoms with Crippen molar-refractivity contribution in [1.82, 2.24) is 9.55 Å².